The Bertz CT molecular complexity index is 1280. The van der Waals surface area contributed by atoms with Crippen LogP contribution in [0, 0.1) is 0 Å². The molecule has 3 N–H and O–H groups in total. The number of carbonyl (C=O) groups excluding carboxylic acids is 1. The number of nitrogens with one attached hydrogen (secondary N) is 2. The molecule has 0 aliphatic heterocycles. The molecule has 3 rings (SSSR count). The number of amides is 2. The van der Waals surface area contributed by atoms with Crippen LogP contribution >= 0.6 is 11.6 Å². The van der Waals surface area contributed by atoms with E-state index in [0.717, 1.165) is 5.56 Å². The molecule has 35 heavy (non-hydrogen) atoms. The van der Waals surface area contributed by atoms with Crippen LogP contribution in [0.3, 0.4) is 0 Å². The third-order valence-electron chi connectivity index (χ3n) is 5.21. The van der Waals surface area contributed by atoms with Gasteiger partial charge in [-0.15, -0.1) is 0 Å². The number of hydrogen-bond acceptors (Lipinski definition) is 5. The molecule has 0 aromatic heterocycles. The average Bonchev–Trinajstić information content (AvgIpc) is 2.84. The third kappa shape index (κ3) is 7.46. The van der Waals surface area contributed by atoms with Crippen molar-refractivity contribution in [2.75, 3.05) is 18.1 Å². The number of anilines is 1. The van der Waals surface area contributed by atoms with Gasteiger partial charge in [0.15, 0.2) is 9.84 Å². The summed E-state index contributed by atoms with van der Waals surface area (Å²) < 4.78 is 31.7. The zero-order valence-corrected chi connectivity index (χ0v) is 20.5. The zero-order chi connectivity index (χ0) is 25.4. The minimum absolute atomic E-state index is 0.0831. The van der Waals surface area contributed by atoms with E-state index in [1.54, 1.807) is 60.7 Å². The number of carboxylic acids is 1. The Morgan fingerprint density at radius 2 is 1.71 bits per heavy atom. The molecule has 0 radical (unpaired) electrons. The van der Waals surface area contributed by atoms with Gasteiger partial charge in [-0.1, -0.05) is 48.0 Å². The highest BCUT2D eigenvalue weighted by Gasteiger charge is 2.25. The molecule has 0 spiro atoms. The zero-order valence-electron chi connectivity index (χ0n) is 18.9. The number of benzene rings is 3. The lowest BCUT2D eigenvalue weighted by atomic mass is 9.98. The van der Waals surface area contributed by atoms with Crippen LogP contribution in [0.15, 0.2) is 77.7 Å². The van der Waals surface area contributed by atoms with E-state index < -0.39 is 27.8 Å². The molecule has 1 unspecified atom stereocenters. The molecule has 0 bridgehead atoms. The topological polar surface area (TPSA) is 122 Å². The summed E-state index contributed by atoms with van der Waals surface area (Å²) in [4.78, 5) is 22.9. The summed E-state index contributed by atoms with van der Waals surface area (Å²) in [7, 11) is -2.25. The minimum Gasteiger partial charge on any atom is -0.489 e. The van der Waals surface area contributed by atoms with Gasteiger partial charge in [-0.05, 0) is 47.5 Å². The Hall–Kier alpha value is -3.56. The minimum atomic E-state index is -3.74. The first-order valence-electron chi connectivity index (χ1n) is 10.7. The maximum Gasteiger partial charge on any atom is 0.319 e. The smallest absolute Gasteiger partial charge is 0.319 e. The van der Waals surface area contributed by atoms with Crippen LogP contribution in [0.2, 0.25) is 5.02 Å². The molecule has 0 saturated heterocycles. The van der Waals surface area contributed by atoms with Crippen molar-refractivity contribution in [3.8, 4) is 5.75 Å². The van der Waals surface area contributed by atoms with E-state index in [1.807, 2.05) is 0 Å². The molecule has 0 fully saturated rings. The molecule has 2 amide bonds. The molecular weight excluding hydrogens is 492 g/mol. The number of aliphatic carboxylic acids is 1. The van der Waals surface area contributed by atoms with Crippen LogP contribution in [0.1, 0.15) is 23.5 Å². The maximum atomic E-state index is 13.0. The Morgan fingerprint density at radius 1 is 1.03 bits per heavy atom. The van der Waals surface area contributed by atoms with Crippen molar-refractivity contribution in [3.05, 3.63) is 88.9 Å². The number of rotatable bonds is 10. The molecule has 0 aliphatic carbocycles. The molecule has 1 atom stereocenters. The van der Waals surface area contributed by atoms with E-state index >= 15 is 0 Å². The second-order valence-corrected chi connectivity index (χ2v) is 10.2. The number of carboxylic acid groups (broad SMARTS) is 1. The van der Waals surface area contributed by atoms with E-state index in [2.05, 4.69) is 10.6 Å². The van der Waals surface area contributed by atoms with E-state index in [0.29, 0.717) is 22.0 Å². The molecule has 3 aromatic carbocycles. The number of halogens is 1. The fourth-order valence-corrected chi connectivity index (χ4v) is 5.17. The average molecular weight is 517 g/mol. The largest absolute Gasteiger partial charge is 0.489 e. The van der Waals surface area contributed by atoms with Gasteiger partial charge in [0.1, 0.15) is 12.4 Å². The highest BCUT2D eigenvalue weighted by atomic mass is 35.5. The number of carbonyl (C=O) groups is 2. The summed E-state index contributed by atoms with van der Waals surface area (Å²) >= 11 is 6.10. The Balaban J connectivity index is 1.68. The van der Waals surface area contributed by atoms with Crippen LogP contribution in [-0.4, -0.2) is 38.3 Å². The maximum absolute atomic E-state index is 13.0. The number of urea groups is 1. The second-order valence-electron chi connectivity index (χ2n) is 7.77. The van der Waals surface area contributed by atoms with Crippen LogP contribution in [0.25, 0.3) is 0 Å². The van der Waals surface area contributed by atoms with Crippen LogP contribution in [0.5, 0.6) is 5.75 Å². The Morgan fingerprint density at radius 3 is 2.34 bits per heavy atom. The molecule has 8 nitrogen and oxygen atoms in total. The van der Waals surface area contributed by atoms with Crippen LogP contribution in [-0.2, 0) is 21.2 Å². The number of hydrogen-bond donors (Lipinski definition) is 3. The number of sulfone groups is 1. The molecule has 0 aliphatic rings. The summed E-state index contributed by atoms with van der Waals surface area (Å²) in [5.41, 5.74) is 1.84. The lowest BCUT2D eigenvalue weighted by Crippen LogP contribution is -2.24. The van der Waals surface area contributed by atoms with Gasteiger partial charge in [-0.25, -0.2) is 13.2 Å². The molecule has 184 valence electrons. The van der Waals surface area contributed by atoms with Gasteiger partial charge in [-0.3, -0.25) is 4.79 Å². The monoisotopic (exact) mass is 516 g/mol. The first kappa shape index (κ1) is 26.1. The fourth-order valence-electron chi connectivity index (χ4n) is 3.42. The summed E-state index contributed by atoms with van der Waals surface area (Å²) in [5, 5.41) is 14.7. The van der Waals surface area contributed by atoms with Crippen molar-refractivity contribution in [1.82, 2.24) is 5.32 Å². The lowest BCUT2D eigenvalue weighted by Gasteiger charge is -2.16. The summed E-state index contributed by atoms with van der Waals surface area (Å²) in [6, 6.07) is 19.4. The van der Waals surface area contributed by atoms with Crippen molar-refractivity contribution < 1.29 is 27.9 Å². The SMILES string of the molecule is CNC(=O)Nc1cc(COc2ccc(S(=O)(=O)CC(CC(=O)O)c3ccccc3)cc2)ccc1Cl. The van der Waals surface area contributed by atoms with Crippen LogP contribution in [0.4, 0.5) is 10.5 Å². The number of ether oxygens (including phenoxy) is 1. The summed E-state index contributed by atoms with van der Waals surface area (Å²) in [6.07, 6.45) is -0.289. The van der Waals surface area contributed by atoms with Gasteiger partial charge < -0.3 is 20.5 Å². The fraction of sp³-hybridized carbons (Fsp3) is 0.200. The van der Waals surface area contributed by atoms with Gasteiger partial charge in [0.2, 0.25) is 0 Å². The van der Waals surface area contributed by atoms with Gasteiger partial charge in [0, 0.05) is 13.0 Å². The van der Waals surface area contributed by atoms with E-state index in [4.69, 9.17) is 16.3 Å². The quantitative estimate of drug-likeness (QED) is 0.359. The second kappa shape index (κ2) is 11.7. The Kier molecular flexibility index (Phi) is 8.73. The van der Waals surface area contributed by atoms with Crippen molar-refractivity contribution in [1.29, 1.82) is 0 Å². The van der Waals surface area contributed by atoms with Crippen molar-refractivity contribution >= 4 is 39.1 Å². The standard InChI is InChI=1S/C25H25ClN2O6S/c1-27-25(31)28-23-13-17(7-12-22(23)26)15-34-20-8-10-21(11-9-20)35(32,33)16-19(14-24(29)30)18-5-3-2-4-6-18/h2-13,19H,14-16H2,1H3,(H,29,30)(H2,27,28,31). The third-order valence-corrected chi connectivity index (χ3v) is 7.37. The molecular formula is C25H25ClN2O6S. The van der Waals surface area contributed by atoms with Gasteiger partial charge in [0.25, 0.3) is 0 Å². The molecule has 10 heteroatoms. The summed E-state index contributed by atoms with van der Waals surface area (Å²) in [5.74, 6) is -1.61. The van der Waals surface area contributed by atoms with Crippen LogP contribution < -0.4 is 15.4 Å². The van der Waals surface area contributed by atoms with Gasteiger partial charge >= 0.3 is 12.0 Å². The predicted molar refractivity (Wildman–Crippen MR) is 134 cm³/mol. The van der Waals surface area contributed by atoms with Gasteiger partial charge in [0.05, 0.1) is 27.8 Å². The van der Waals surface area contributed by atoms with Crippen molar-refractivity contribution in [3.63, 3.8) is 0 Å². The highest BCUT2D eigenvalue weighted by Crippen LogP contribution is 2.27. The van der Waals surface area contributed by atoms with Gasteiger partial charge in [-0.2, -0.15) is 0 Å². The summed E-state index contributed by atoms with van der Waals surface area (Å²) in [6.45, 7) is 0.167. The lowest BCUT2D eigenvalue weighted by molar-refractivity contribution is -0.137. The normalized spacial score (nSPS) is 11.9. The Labute approximate surface area is 208 Å². The first-order chi connectivity index (χ1) is 16.7. The predicted octanol–water partition coefficient (Wildman–Crippen LogP) is 4.70. The van der Waals surface area contributed by atoms with E-state index in [9.17, 15) is 23.1 Å². The van der Waals surface area contributed by atoms with Crippen molar-refractivity contribution in [2.45, 2.75) is 23.8 Å². The van der Waals surface area contributed by atoms with E-state index in [1.165, 1.54) is 19.2 Å². The first-order valence-corrected chi connectivity index (χ1v) is 12.7. The van der Waals surface area contributed by atoms with Crippen molar-refractivity contribution in [2.24, 2.45) is 0 Å². The molecule has 0 saturated carbocycles. The molecule has 0 heterocycles. The van der Waals surface area contributed by atoms with E-state index in [-0.39, 0.29) is 23.7 Å². The highest BCUT2D eigenvalue weighted by molar-refractivity contribution is 7.91. The molecule has 3 aromatic rings.